The van der Waals surface area contributed by atoms with Gasteiger partial charge in [0.25, 0.3) is 5.91 Å². The number of anilines is 1. The molecule has 3 rings (SSSR count). The van der Waals surface area contributed by atoms with Crippen LogP contribution in [0.4, 0.5) is 5.69 Å². The number of carbonyl (C=O) groups is 2. The van der Waals surface area contributed by atoms with E-state index in [0.717, 1.165) is 0 Å². The summed E-state index contributed by atoms with van der Waals surface area (Å²) in [5.41, 5.74) is 3.08. The molecular formula is C23H28N2O4. The molecule has 1 heterocycles. The molecule has 2 N–H and O–H groups in total. The number of benzene rings is 2. The Bertz CT molecular complexity index is 869. The molecule has 2 amide bonds. The van der Waals surface area contributed by atoms with Crippen molar-refractivity contribution >= 4 is 17.5 Å². The summed E-state index contributed by atoms with van der Waals surface area (Å²) in [4.78, 5) is 25.8. The second-order valence-electron chi connectivity index (χ2n) is 8.44. The Morgan fingerprint density at radius 3 is 2.34 bits per heavy atom. The van der Waals surface area contributed by atoms with E-state index in [4.69, 9.17) is 4.74 Å². The highest BCUT2D eigenvalue weighted by molar-refractivity contribution is 6.04. The van der Waals surface area contributed by atoms with Crippen molar-refractivity contribution in [3.63, 3.8) is 0 Å². The molecule has 1 fully saturated rings. The molecule has 0 spiro atoms. The minimum Gasteiger partial charge on any atom is -0.386 e. The highest BCUT2D eigenvalue weighted by Crippen LogP contribution is 2.25. The number of nitrogens with zero attached hydrogens (tertiary/aromatic N) is 1. The molecule has 1 aliphatic heterocycles. The van der Waals surface area contributed by atoms with Gasteiger partial charge in [0.05, 0.1) is 12.6 Å². The molecule has 6 nitrogen and oxygen atoms in total. The number of amides is 2. The van der Waals surface area contributed by atoms with E-state index in [1.54, 1.807) is 31.3 Å². The predicted octanol–water partition coefficient (Wildman–Crippen LogP) is 3.13. The van der Waals surface area contributed by atoms with Crippen molar-refractivity contribution in [2.24, 2.45) is 0 Å². The Balaban J connectivity index is 1.65. The molecule has 2 aromatic carbocycles. The summed E-state index contributed by atoms with van der Waals surface area (Å²) >= 11 is 0. The van der Waals surface area contributed by atoms with Crippen LogP contribution in [0.5, 0.6) is 0 Å². The maximum atomic E-state index is 12.5. The van der Waals surface area contributed by atoms with Gasteiger partial charge in [0.15, 0.2) is 0 Å². The van der Waals surface area contributed by atoms with E-state index >= 15 is 0 Å². The number of rotatable bonds is 4. The van der Waals surface area contributed by atoms with Gasteiger partial charge in [0.2, 0.25) is 5.91 Å². The van der Waals surface area contributed by atoms with Gasteiger partial charge in [-0.1, -0.05) is 45.0 Å². The quantitative estimate of drug-likeness (QED) is 0.832. The monoisotopic (exact) mass is 396 g/mol. The van der Waals surface area contributed by atoms with Crippen LogP contribution in [0.15, 0.2) is 48.5 Å². The maximum Gasteiger partial charge on any atom is 0.255 e. The smallest absolute Gasteiger partial charge is 0.255 e. The molecule has 2 atom stereocenters. The van der Waals surface area contributed by atoms with Crippen molar-refractivity contribution in [1.82, 2.24) is 4.90 Å². The lowest BCUT2D eigenvalue weighted by Crippen LogP contribution is -2.49. The molecule has 0 unspecified atom stereocenters. The van der Waals surface area contributed by atoms with Crippen LogP contribution >= 0.6 is 0 Å². The van der Waals surface area contributed by atoms with Crippen LogP contribution in [-0.2, 0) is 14.9 Å². The third-order valence-electron chi connectivity index (χ3n) is 5.29. The molecule has 0 aliphatic carbocycles. The minimum absolute atomic E-state index is 0.0354. The Kier molecular flexibility index (Phi) is 6.05. The van der Waals surface area contributed by atoms with Gasteiger partial charge in [-0.15, -0.1) is 0 Å². The number of ether oxygens (including phenoxy) is 1. The third kappa shape index (κ3) is 4.83. The van der Waals surface area contributed by atoms with Gasteiger partial charge in [-0.2, -0.15) is 0 Å². The second kappa shape index (κ2) is 8.35. The molecule has 29 heavy (non-hydrogen) atoms. The van der Waals surface area contributed by atoms with E-state index < -0.39 is 12.1 Å². The lowest BCUT2D eigenvalue weighted by molar-refractivity contribution is -0.151. The molecular weight excluding hydrogens is 368 g/mol. The SMILES string of the molecule is CN1C(=O)COC[C@@H]1[C@H](O)c1ccc(NC(=O)c2ccc(C(C)(C)C)cc2)cc1. The second-order valence-corrected chi connectivity index (χ2v) is 8.44. The first kappa shape index (κ1) is 21.0. The first-order chi connectivity index (χ1) is 13.7. The van der Waals surface area contributed by atoms with Crippen molar-refractivity contribution in [2.75, 3.05) is 25.6 Å². The van der Waals surface area contributed by atoms with Crippen LogP contribution in [0.25, 0.3) is 0 Å². The first-order valence-corrected chi connectivity index (χ1v) is 9.70. The number of hydrogen-bond donors (Lipinski definition) is 2. The first-order valence-electron chi connectivity index (χ1n) is 9.70. The maximum absolute atomic E-state index is 12.5. The van der Waals surface area contributed by atoms with Crippen molar-refractivity contribution in [3.8, 4) is 0 Å². The van der Waals surface area contributed by atoms with Crippen molar-refractivity contribution in [2.45, 2.75) is 38.3 Å². The topological polar surface area (TPSA) is 78.9 Å². The fourth-order valence-electron chi connectivity index (χ4n) is 3.28. The number of aliphatic hydroxyl groups is 1. The summed E-state index contributed by atoms with van der Waals surface area (Å²) in [5, 5.41) is 13.5. The van der Waals surface area contributed by atoms with Crippen LogP contribution in [0.1, 0.15) is 48.4 Å². The average Bonchev–Trinajstić information content (AvgIpc) is 2.69. The van der Waals surface area contributed by atoms with Crippen LogP contribution < -0.4 is 5.32 Å². The summed E-state index contributed by atoms with van der Waals surface area (Å²) < 4.78 is 5.25. The highest BCUT2D eigenvalue weighted by atomic mass is 16.5. The van der Waals surface area contributed by atoms with Crippen molar-refractivity contribution in [1.29, 1.82) is 0 Å². The number of carbonyl (C=O) groups excluding carboxylic acids is 2. The molecule has 0 saturated carbocycles. The Labute approximate surface area is 171 Å². The van der Waals surface area contributed by atoms with Gasteiger partial charge in [-0.05, 0) is 40.8 Å². The Morgan fingerprint density at radius 1 is 1.14 bits per heavy atom. The summed E-state index contributed by atoms with van der Waals surface area (Å²) in [7, 11) is 1.66. The highest BCUT2D eigenvalue weighted by Gasteiger charge is 2.32. The van der Waals surface area contributed by atoms with E-state index in [2.05, 4.69) is 26.1 Å². The molecule has 2 aromatic rings. The number of likely N-dealkylation sites (N-methyl/N-ethyl adjacent to an activating group) is 1. The third-order valence-corrected chi connectivity index (χ3v) is 5.29. The Hall–Kier alpha value is -2.70. The lowest BCUT2D eigenvalue weighted by Gasteiger charge is -2.35. The Morgan fingerprint density at radius 2 is 1.76 bits per heavy atom. The molecule has 1 saturated heterocycles. The molecule has 154 valence electrons. The summed E-state index contributed by atoms with van der Waals surface area (Å²) in [5.74, 6) is -0.341. The fraction of sp³-hybridized carbons (Fsp3) is 0.391. The van der Waals surface area contributed by atoms with Crippen LogP contribution in [0.3, 0.4) is 0 Å². The van der Waals surface area contributed by atoms with E-state index in [1.165, 1.54) is 10.5 Å². The molecule has 0 bridgehead atoms. The van der Waals surface area contributed by atoms with E-state index in [9.17, 15) is 14.7 Å². The molecule has 0 radical (unpaired) electrons. The molecule has 0 aromatic heterocycles. The average molecular weight is 396 g/mol. The van der Waals surface area contributed by atoms with Crippen LogP contribution in [0, 0.1) is 0 Å². The zero-order valence-electron chi connectivity index (χ0n) is 17.3. The normalized spacial score (nSPS) is 18.4. The fourth-order valence-corrected chi connectivity index (χ4v) is 3.28. The van der Waals surface area contributed by atoms with Crippen molar-refractivity contribution in [3.05, 3.63) is 65.2 Å². The zero-order chi connectivity index (χ0) is 21.2. The van der Waals surface area contributed by atoms with Crippen LogP contribution in [-0.4, -0.2) is 48.1 Å². The van der Waals surface area contributed by atoms with E-state index in [-0.39, 0.29) is 30.4 Å². The van der Waals surface area contributed by atoms with Crippen molar-refractivity contribution < 1.29 is 19.4 Å². The van der Waals surface area contributed by atoms with Gasteiger partial charge >= 0.3 is 0 Å². The molecule has 1 aliphatic rings. The van der Waals surface area contributed by atoms with E-state index in [0.29, 0.717) is 16.8 Å². The van der Waals surface area contributed by atoms with Crippen LogP contribution in [0.2, 0.25) is 0 Å². The largest absolute Gasteiger partial charge is 0.386 e. The van der Waals surface area contributed by atoms with Gasteiger partial charge < -0.3 is 20.1 Å². The van der Waals surface area contributed by atoms with Gasteiger partial charge in [-0.3, -0.25) is 9.59 Å². The number of aliphatic hydroxyl groups excluding tert-OH is 1. The number of nitrogens with one attached hydrogen (secondary N) is 1. The standard InChI is InChI=1S/C23H28N2O4/c1-23(2,3)17-9-5-16(6-10-17)22(28)24-18-11-7-15(8-12-18)21(27)19-13-29-14-20(26)25(19)4/h5-12,19,21,27H,13-14H2,1-4H3,(H,24,28)/t19-,21-/m1/s1. The summed E-state index contributed by atoms with van der Waals surface area (Å²) in [6, 6.07) is 14.1. The van der Waals surface area contributed by atoms with Gasteiger partial charge in [0, 0.05) is 18.3 Å². The summed E-state index contributed by atoms with van der Waals surface area (Å²) in [6.45, 7) is 6.72. The number of morpholine rings is 1. The number of hydrogen-bond acceptors (Lipinski definition) is 4. The molecule has 6 heteroatoms. The van der Waals surface area contributed by atoms with Gasteiger partial charge in [0.1, 0.15) is 12.7 Å². The van der Waals surface area contributed by atoms with Gasteiger partial charge in [-0.25, -0.2) is 0 Å². The zero-order valence-corrected chi connectivity index (χ0v) is 17.3. The van der Waals surface area contributed by atoms with E-state index in [1.807, 2.05) is 24.3 Å². The lowest BCUT2D eigenvalue weighted by atomic mass is 9.87. The summed E-state index contributed by atoms with van der Waals surface area (Å²) in [6.07, 6.45) is -0.862. The minimum atomic E-state index is -0.862. The predicted molar refractivity (Wildman–Crippen MR) is 112 cm³/mol.